The van der Waals surface area contributed by atoms with Crippen LogP contribution in [0.1, 0.15) is 0 Å². The van der Waals surface area contributed by atoms with Gasteiger partial charge in [-0.15, -0.1) is 0 Å². The molecule has 0 aliphatic rings. The van der Waals surface area contributed by atoms with Gasteiger partial charge in [-0.2, -0.15) is 0 Å². The quantitative estimate of drug-likeness (QED) is 0.786. The number of ether oxygens (including phenoxy) is 1. The number of aromatic hydroxyl groups is 1. The maximum atomic E-state index is 9.91. The normalized spacial score (nSPS) is 10.7. The van der Waals surface area contributed by atoms with E-state index in [1.807, 2.05) is 42.5 Å². The number of phenols is 1. The Balaban J connectivity index is 2.09. The van der Waals surface area contributed by atoms with Crippen LogP contribution in [0, 0.1) is 0 Å². The molecule has 0 atom stereocenters. The van der Waals surface area contributed by atoms with E-state index < -0.39 is 0 Å². The number of hydrogen-bond donors (Lipinski definition) is 1. The van der Waals surface area contributed by atoms with Crippen molar-refractivity contribution in [3.05, 3.63) is 54.7 Å². The third-order valence-corrected chi connectivity index (χ3v) is 4.10. The Labute approximate surface area is 121 Å². The van der Waals surface area contributed by atoms with Crippen LogP contribution in [0.15, 0.2) is 64.6 Å². The lowest BCUT2D eigenvalue weighted by Crippen LogP contribution is -1.89. The molecule has 4 heteroatoms. The van der Waals surface area contributed by atoms with Gasteiger partial charge in [-0.1, -0.05) is 36.0 Å². The number of pyridine rings is 1. The number of fused-ring (bicyclic) bond motifs is 1. The Kier molecular flexibility index (Phi) is 3.48. The number of aromatic nitrogens is 1. The van der Waals surface area contributed by atoms with E-state index in [-0.39, 0.29) is 5.75 Å². The van der Waals surface area contributed by atoms with Crippen molar-refractivity contribution in [2.45, 2.75) is 9.92 Å². The molecule has 0 aliphatic heterocycles. The number of rotatable bonds is 3. The minimum Gasteiger partial charge on any atom is -0.507 e. The Bertz CT molecular complexity index is 758. The largest absolute Gasteiger partial charge is 0.507 e. The first-order chi connectivity index (χ1) is 9.79. The molecule has 2 aromatic carbocycles. The van der Waals surface area contributed by atoms with Crippen molar-refractivity contribution in [3.63, 3.8) is 0 Å². The number of nitrogens with zero attached hydrogens (tertiary/aromatic N) is 1. The topological polar surface area (TPSA) is 42.4 Å². The summed E-state index contributed by atoms with van der Waals surface area (Å²) in [6.45, 7) is 0. The van der Waals surface area contributed by atoms with Crippen LogP contribution >= 0.6 is 11.8 Å². The highest BCUT2D eigenvalue weighted by molar-refractivity contribution is 7.99. The van der Waals surface area contributed by atoms with Crippen LogP contribution in [0.25, 0.3) is 10.8 Å². The number of methoxy groups -OCH3 is 1. The maximum Gasteiger partial charge on any atom is 0.151 e. The van der Waals surface area contributed by atoms with Crippen LogP contribution < -0.4 is 4.74 Å². The molecule has 3 nitrogen and oxygen atoms in total. The van der Waals surface area contributed by atoms with Gasteiger partial charge in [0, 0.05) is 16.5 Å². The highest BCUT2D eigenvalue weighted by Gasteiger charge is 2.10. The molecule has 100 valence electrons. The van der Waals surface area contributed by atoms with Crippen LogP contribution in [0.2, 0.25) is 0 Å². The molecule has 1 heterocycles. The molecule has 0 fully saturated rings. The summed E-state index contributed by atoms with van der Waals surface area (Å²) in [4.78, 5) is 5.39. The second-order valence-electron chi connectivity index (χ2n) is 4.24. The van der Waals surface area contributed by atoms with Gasteiger partial charge in [0.2, 0.25) is 0 Å². The van der Waals surface area contributed by atoms with Crippen molar-refractivity contribution in [2.75, 3.05) is 7.11 Å². The van der Waals surface area contributed by atoms with Crippen molar-refractivity contribution < 1.29 is 9.84 Å². The van der Waals surface area contributed by atoms with Gasteiger partial charge in [-0.05, 0) is 29.7 Å². The lowest BCUT2D eigenvalue weighted by Gasteiger charge is -2.09. The van der Waals surface area contributed by atoms with Gasteiger partial charge in [0.25, 0.3) is 0 Å². The highest BCUT2D eigenvalue weighted by atomic mass is 32.2. The van der Waals surface area contributed by atoms with Crippen molar-refractivity contribution >= 4 is 22.5 Å². The van der Waals surface area contributed by atoms with Crippen molar-refractivity contribution in [1.29, 1.82) is 0 Å². The van der Waals surface area contributed by atoms with Gasteiger partial charge in [0.1, 0.15) is 10.8 Å². The van der Waals surface area contributed by atoms with Crippen LogP contribution in [-0.4, -0.2) is 17.2 Å². The summed E-state index contributed by atoms with van der Waals surface area (Å²) in [6, 6.07) is 15.1. The molecular formula is C16H13NO2S. The summed E-state index contributed by atoms with van der Waals surface area (Å²) in [6.07, 6.45) is 1.74. The van der Waals surface area contributed by atoms with Crippen molar-refractivity contribution in [1.82, 2.24) is 4.98 Å². The van der Waals surface area contributed by atoms with Gasteiger partial charge >= 0.3 is 0 Å². The van der Waals surface area contributed by atoms with Crippen LogP contribution in [0.5, 0.6) is 11.5 Å². The fourth-order valence-electron chi connectivity index (χ4n) is 2.06. The van der Waals surface area contributed by atoms with Gasteiger partial charge < -0.3 is 9.84 Å². The smallest absolute Gasteiger partial charge is 0.151 e. The molecule has 0 saturated heterocycles. The molecule has 3 rings (SSSR count). The molecule has 20 heavy (non-hydrogen) atoms. The molecule has 0 radical (unpaired) electrons. The number of benzene rings is 2. The Hall–Kier alpha value is -2.20. The minimum atomic E-state index is 0.290. The summed E-state index contributed by atoms with van der Waals surface area (Å²) >= 11 is 1.53. The van der Waals surface area contributed by atoms with Gasteiger partial charge in [0.05, 0.1) is 7.11 Å². The maximum absolute atomic E-state index is 9.91. The minimum absolute atomic E-state index is 0.290. The molecule has 0 amide bonds. The van der Waals surface area contributed by atoms with E-state index >= 15 is 0 Å². The zero-order valence-corrected chi connectivity index (χ0v) is 11.7. The Morgan fingerprint density at radius 2 is 1.80 bits per heavy atom. The molecule has 0 spiro atoms. The lowest BCUT2D eigenvalue weighted by atomic mass is 10.1. The van der Waals surface area contributed by atoms with E-state index in [9.17, 15) is 5.11 Å². The second-order valence-corrected chi connectivity index (χ2v) is 5.27. The standard InChI is InChI=1S/C16H13NO2S/c1-19-14-7-4-10-17-16(14)20-15-9-8-13(18)11-5-2-3-6-12(11)15/h2-10,18H,1H3. The summed E-state index contributed by atoms with van der Waals surface area (Å²) in [5.74, 6) is 1.03. The van der Waals surface area contributed by atoms with Gasteiger partial charge in [0.15, 0.2) is 5.75 Å². The summed E-state index contributed by atoms with van der Waals surface area (Å²) < 4.78 is 5.32. The lowest BCUT2D eigenvalue weighted by molar-refractivity contribution is 0.401. The first-order valence-electron chi connectivity index (χ1n) is 6.17. The van der Waals surface area contributed by atoms with E-state index in [0.29, 0.717) is 0 Å². The molecule has 0 aliphatic carbocycles. The van der Waals surface area contributed by atoms with Crippen LogP contribution in [0.4, 0.5) is 0 Å². The molecule has 0 unspecified atom stereocenters. The SMILES string of the molecule is COc1cccnc1Sc1ccc(O)c2ccccc12. The zero-order chi connectivity index (χ0) is 13.9. The Morgan fingerprint density at radius 1 is 1.00 bits per heavy atom. The monoisotopic (exact) mass is 283 g/mol. The van der Waals surface area contributed by atoms with Crippen molar-refractivity contribution in [2.24, 2.45) is 0 Å². The molecule has 0 bridgehead atoms. The van der Waals surface area contributed by atoms with Crippen molar-refractivity contribution in [3.8, 4) is 11.5 Å². The Morgan fingerprint density at radius 3 is 2.60 bits per heavy atom. The fraction of sp³-hybridized carbons (Fsp3) is 0.0625. The molecule has 0 saturated carbocycles. The van der Waals surface area contributed by atoms with Crippen LogP contribution in [-0.2, 0) is 0 Å². The molecule has 1 N–H and O–H groups in total. The third kappa shape index (κ3) is 2.30. The highest BCUT2D eigenvalue weighted by Crippen LogP contribution is 2.39. The summed E-state index contributed by atoms with van der Waals surface area (Å²) in [5.41, 5.74) is 0. The summed E-state index contributed by atoms with van der Waals surface area (Å²) in [5, 5.41) is 12.6. The first kappa shape index (κ1) is 12.8. The van der Waals surface area contributed by atoms with Gasteiger partial charge in [-0.25, -0.2) is 4.98 Å². The molecular weight excluding hydrogens is 270 g/mol. The predicted octanol–water partition coefficient (Wildman–Crippen LogP) is 4.10. The molecule has 1 aromatic heterocycles. The summed E-state index contributed by atoms with van der Waals surface area (Å²) in [7, 11) is 1.63. The van der Waals surface area contributed by atoms with E-state index in [1.165, 1.54) is 11.8 Å². The van der Waals surface area contributed by atoms with E-state index in [4.69, 9.17) is 4.74 Å². The van der Waals surface area contributed by atoms with E-state index in [1.54, 1.807) is 19.4 Å². The zero-order valence-electron chi connectivity index (χ0n) is 10.9. The fourth-order valence-corrected chi connectivity index (χ4v) is 3.05. The second kappa shape index (κ2) is 5.43. The molecule has 3 aromatic rings. The first-order valence-corrected chi connectivity index (χ1v) is 6.99. The van der Waals surface area contributed by atoms with Gasteiger partial charge in [-0.3, -0.25) is 0 Å². The number of hydrogen-bond acceptors (Lipinski definition) is 4. The average molecular weight is 283 g/mol. The van der Waals surface area contributed by atoms with Crippen LogP contribution in [0.3, 0.4) is 0 Å². The third-order valence-electron chi connectivity index (χ3n) is 3.02. The number of phenolic OH excluding ortho intramolecular Hbond substituents is 1. The van der Waals surface area contributed by atoms with E-state index in [0.717, 1.165) is 26.4 Å². The average Bonchev–Trinajstić information content (AvgIpc) is 2.51. The predicted molar refractivity (Wildman–Crippen MR) is 80.5 cm³/mol. The van der Waals surface area contributed by atoms with E-state index in [2.05, 4.69) is 4.98 Å².